The highest BCUT2D eigenvalue weighted by Gasteiger charge is 2.25. The summed E-state index contributed by atoms with van der Waals surface area (Å²) in [4.78, 5) is 28.6. The summed E-state index contributed by atoms with van der Waals surface area (Å²) >= 11 is 7.18. The SMILES string of the molecule is [2H]C([2H])(CNC(=O)OC(C)(C)C)C([2H])([2H])c1ccccc1[C@@H](C)n1c(=O)oc2cc(S(=O)(=O)Nc3ncns3)c(Cl)cc21. The first-order valence-corrected chi connectivity index (χ1v) is 14.2. The van der Waals surface area contributed by atoms with Crippen LogP contribution in [0.4, 0.5) is 9.93 Å². The van der Waals surface area contributed by atoms with Gasteiger partial charge in [-0.3, -0.25) is 9.29 Å². The smallest absolute Gasteiger partial charge is 0.420 e. The van der Waals surface area contributed by atoms with Crippen LogP contribution in [-0.4, -0.2) is 40.6 Å². The van der Waals surface area contributed by atoms with Gasteiger partial charge in [-0.15, -0.1) is 0 Å². The number of fused-ring (bicyclic) bond motifs is 1. The Hall–Kier alpha value is -3.42. The Morgan fingerprint density at radius 3 is 2.74 bits per heavy atom. The average molecular weight is 598 g/mol. The van der Waals surface area contributed by atoms with Gasteiger partial charge in [0.2, 0.25) is 5.13 Å². The van der Waals surface area contributed by atoms with Gasteiger partial charge in [0, 0.05) is 29.6 Å². The fourth-order valence-corrected chi connectivity index (χ4v) is 5.88. The lowest BCUT2D eigenvalue weighted by atomic mass is 9.97. The zero-order valence-corrected chi connectivity index (χ0v) is 23.7. The number of aromatic nitrogens is 3. The number of oxazole rings is 1. The highest BCUT2D eigenvalue weighted by molar-refractivity contribution is 7.93. The molecule has 4 aromatic rings. The van der Waals surface area contributed by atoms with Crippen LogP contribution in [0.15, 0.2) is 56.8 Å². The van der Waals surface area contributed by atoms with Gasteiger partial charge in [-0.25, -0.2) is 23.0 Å². The molecule has 0 radical (unpaired) electrons. The molecule has 2 aromatic heterocycles. The number of aryl methyl sites for hydroxylation is 1. The van der Waals surface area contributed by atoms with Crippen LogP contribution in [0.2, 0.25) is 5.02 Å². The molecule has 208 valence electrons. The lowest BCUT2D eigenvalue weighted by Crippen LogP contribution is -2.33. The first kappa shape index (κ1) is 23.5. The molecule has 0 spiro atoms. The number of ether oxygens (including phenoxy) is 1. The fourth-order valence-electron chi connectivity index (χ4n) is 3.68. The third-order valence-corrected chi connectivity index (χ3v) is 7.79. The Bertz CT molecular complexity index is 1820. The number of sulfonamides is 1. The van der Waals surface area contributed by atoms with E-state index in [0.717, 1.165) is 17.6 Å². The number of nitrogens with one attached hydrogen (secondary N) is 2. The molecule has 2 heterocycles. The van der Waals surface area contributed by atoms with Gasteiger partial charge in [0.1, 0.15) is 16.8 Å². The van der Waals surface area contributed by atoms with Gasteiger partial charge < -0.3 is 14.5 Å². The van der Waals surface area contributed by atoms with Crippen molar-refractivity contribution in [2.75, 3.05) is 11.3 Å². The maximum atomic E-state index is 13.1. The molecule has 4 rings (SSSR count). The molecule has 0 aliphatic rings. The van der Waals surface area contributed by atoms with E-state index in [0.29, 0.717) is 0 Å². The van der Waals surface area contributed by atoms with Crippen LogP contribution in [0.5, 0.6) is 0 Å². The zero-order valence-electron chi connectivity index (χ0n) is 25.3. The maximum Gasteiger partial charge on any atom is 0.420 e. The molecular formula is C25H28ClN5O6S2. The number of anilines is 1. The van der Waals surface area contributed by atoms with Crippen molar-refractivity contribution < 1.29 is 27.8 Å². The monoisotopic (exact) mass is 597 g/mol. The third kappa shape index (κ3) is 6.78. The maximum absolute atomic E-state index is 13.1. The largest absolute Gasteiger partial charge is 0.444 e. The summed E-state index contributed by atoms with van der Waals surface area (Å²) in [6.07, 6.45) is -5.00. The first-order chi connectivity index (χ1) is 19.8. The van der Waals surface area contributed by atoms with Crippen LogP contribution in [0.3, 0.4) is 0 Å². The lowest BCUT2D eigenvalue weighted by molar-refractivity contribution is 0.0527. The van der Waals surface area contributed by atoms with Crippen LogP contribution in [0, 0.1) is 0 Å². The highest BCUT2D eigenvalue weighted by atomic mass is 35.5. The Morgan fingerprint density at radius 2 is 2.05 bits per heavy atom. The van der Waals surface area contributed by atoms with Crippen LogP contribution >= 0.6 is 23.1 Å². The minimum Gasteiger partial charge on any atom is -0.444 e. The van der Waals surface area contributed by atoms with E-state index in [-0.39, 0.29) is 37.3 Å². The Balaban J connectivity index is 1.71. The van der Waals surface area contributed by atoms with Crippen LogP contribution in [0.25, 0.3) is 11.1 Å². The van der Waals surface area contributed by atoms with Crippen molar-refractivity contribution in [2.24, 2.45) is 0 Å². The van der Waals surface area contributed by atoms with E-state index in [1.807, 2.05) is 0 Å². The standard InChI is InChI=1S/C25H28ClN5O6S2/c1-15(17-10-6-5-8-16(17)9-7-11-27-23(32)37-25(2,3)4)31-19-12-18(26)21(13-20(19)36-24(31)33)39(34,35)30-22-28-14-29-38-22/h5-6,8,10,12-15H,7,9,11H2,1-4H3,(H,27,32)(H,28,29,30)/t15-/m1/s1/i7D2,9D2. The first-order valence-electron chi connectivity index (χ1n) is 13.5. The number of halogens is 1. The summed E-state index contributed by atoms with van der Waals surface area (Å²) in [5, 5.41) is 2.07. The third-order valence-electron chi connectivity index (χ3n) is 5.28. The van der Waals surface area contributed by atoms with Crippen LogP contribution in [-0.2, 0) is 21.1 Å². The normalized spacial score (nSPS) is 15.1. The molecule has 0 unspecified atom stereocenters. The fraction of sp³-hybridized carbons (Fsp3) is 0.360. The van der Waals surface area contributed by atoms with E-state index in [1.165, 1.54) is 35.2 Å². The predicted molar refractivity (Wildman–Crippen MR) is 149 cm³/mol. The molecule has 0 saturated heterocycles. The van der Waals surface area contributed by atoms with Crippen molar-refractivity contribution in [1.29, 1.82) is 0 Å². The minimum absolute atomic E-state index is 0.0100. The zero-order chi connectivity index (χ0) is 32.0. The number of nitrogens with zero attached hydrogens (tertiary/aromatic N) is 3. The van der Waals surface area contributed by atoms with Crippen molar-refractivity contribution in [1.82, 2.24) is 19.2 Å². The van der Waals surface area contributed by atoms with E-state index in [4.69, 9.17) is 26.2 Å². The molecule has 2 N–H and O–H groups in total. The van der Waals surface area contributed by atoms with Crippen molar-refractivity contribution in [3.8, 4) is 0 Å². The van der Waals surface area contributed by atoms with Crippen molar-refractivity contribution in [3.63, 3.8) is 0 Å². The number of hydrogen-bond donors (Lipinski definition) is 2. The van der Waals surface area contributed by atoms with Gasteiger partial charge in [0.05, 0.1) is 16.6 Å². The number of hydrogen-bond acceptors (Lipinski definition) is 9. The summed E-state index contributed by atoms with van der Waals surface area (Å²) in [6.45, 7) is 5.80. The molecule has 0 aliphatic carbocycles. The molecule has 0 bridgehead atoms. The Morgan fingerprint density at radius 1 is 1.31 bits per heavy atom. The van der Waals surface area contributed by atoms with E-state index in [2.05, 4.69) is 19.4 Å². The number of carbonyl (C=O) groups is 1. The average Bonchev–Trinajstić information content (AvgIpc) is 3.51. The van der Waals surface area contributed by atoms with E-state index < -0.39 is 52.8 Å². The van der Waals surface area contributed by atoms with Crippen LogP contribution < -0.4 is 15.8 Å². The van der Waals surface area contributed by atoms with Crippen molar-refractivity contribution in [2.45, 2.75) is 57.0 Å². The summed E-state index contributed by atoms with van der Waals surface area (Å²) in [7, 11) is -4.22. The summed E-state index contributed by atoms with van der Waals surface area (Å²) in [5.74, 6) is -0.879. The molecule has 14 heteroatoms. The minimum atomic E-state index is -4.22. The summed E-state index contributed by atoms with van der Waals surface area (Å²) < 4.78 is 78.1. The van der Waals surface area contributed by atoms with Crippen LogP contribution in [0.1, 0.15) is 56.7 Å². The predicted octanol–water partition coefficient (Wildman–Crippen LogP) is 4.97. The van der Waals surface area contributed by atoms with Gasteiger partial charge in [0.25, 0.3) is 10.0 Å². The molecule has 0 aliphatic heterocycles. The second-order valence-corrected chi connectivity index (χ2v) is 12.1. The molecule has 0 saturated carbocycles. The number of alkyl carbamates (subject to hydrolysis) is 1. The van der Waals surface area contributed by atoms with Gasteiger partial charge >= 0.3 is 11.8 Å². The molecule has 1 atom stereocenters. The number of carbonyl (C=O) groups excluding carboxylic acids is 1. The Kier molecular flexibility index (Phi) is 6.84. The molecule has 11 nitrogen and oxygen atoms in total. The van der Waals surface area contributed by atoms with E-state index in [1.54, 1.807) is 33.8 Å². The second-order valence-electron chi connectivity index (χ2n) is 9.26. The number of amides is 1. The molecular weight excluding hydrogens is 566 g/mol. The molecule has 2 aromatic carbocycles. The molecule has 0 fully saturated rings. The van der Waals surface area contributed by atoms with Gasteiger partial charge in [0.15, 0.2) is 5.58 Å². The van der Waals surface area contributed by atoms with Gasteiger partial charge in [-0.05, 0) is 57.6 Å². The lowest BCUT2D eigenvalue weighted by Gasteiger charge is -2.20. The highest BCUT2D eigenvalue weighted by Crippen LogP contribution is 2.32. The van der Waals surface area contributed by atoms with Gasteiger partial charge in [-0.2, -0.15) is 4.37 Å². The van der Waals surface area contributed by atoms with E-state index in [9.17, 15) is 18.0 Å². The summed E-state index contributed by atoms with van der Waals surface area (Å²) in [5.41, 5.74) is -0.643. The van der Waals surface area contributed by atoms with Gasteiger partial charge in [-0.1, -0.05) is 35.9 Å². The topological polar surface area (TPSA) is 145 Å². The second kappa shape index (κ2) is 11.4. The van der Waals surface area contributed by atoms with E-state index >= 15 is 0 Å². The molecule has 39 heavy (non-hydrogen) atoms. The number of rotatable bonds is 9. The summed E-state index contributed by atoms with van der Waals surface area (Å²) in [6, 6.07) is 7.47. The Labute approximate surface area is 240 Å². The number of benzene rings is 2. The van der Waals surface area contributed by atoms with Crippen molar-refractivity contribution in [3.05, 3.63) is 69.4 Å². The quantitative estimate of drug-likeness (QED) is 0.275. The molecule has 1 amide bonds. The van der Waals surface area contributed by atoms with Crippen molar-refractivity contribution >= 4 is 55.5 Å².